The molecule has 0 saturated heterocycles. The van der Waals surface area contributed by atoms with Crippen LogP contribution in [0.4, 0.5) is 5.69 Å². The molecule has 2 amide bonds. The number of aryl methyl sites for hydroxylation is 2. The highest BCUT2D eigenvalue weighted by molar-refractivity contribution is 7.92. The van der Waals surface area contributed by atoms with Crippen molar-refractivity contribution < 1.29 is 18.0 Å². The minimum Gasteiger partial charge on any atom is -0.352 e. The lowest BCUT2D eigenvalue weighted by Crippen LogP contribution is -2.53. The second kappa shape index (κ2) is 13.8. The molecule has 1 N–H and O–H groups in total. The van der Waals surface area contributed by atoms with Gasteiger partial charge in [0.1, 0.15) is 12.6 Å². The first-order valence-electron chi connectivity index (χ1n) is 13.5. The normalized spacial score (nSPS) is 12.8. The molecule has 0 radical (unpaired) electrons. The van der Waals surface area contributed by atoms with Crippen LogP contribution in [-0.4, -0.2) is 43.8 Å². The molecule has 0 heterocycles. The first kappa shape index (κ1) is 31.2. The third-order valence-corrected chi connectivity index (χ3v) is 8.92. The maximum atomic E-state index is 14.1. The summed E-state index contributed by atoms with van der Waals surface area (Å²) in [7, 11) is -4.16. The van der Waals surface area contributed by atoms with Crippen LogP contribution in [0.5, 0.6) is 0 Å². The Bertz CT molecular complexity index is 1410. The Morgan fingerprint density at radius 3 is 2.17 bits per heavy atom. The molecule has 0 aliphatic carbocycles. The molecule has 40 heavy (non-hydrogen) atoms. The molecule has 0 fully saturated rings. The number of nitrogens with one attached hydrogen (secondary N) is 1. The molecule has 0 unspecified atom stereocenters. The molecule has 2 atom stereocenters. The summed E-state index contributed by atoms with van der Waals surface area (Å²) in [5, 5.41) is 3.33. The van der Waals surface area contributed by atoms with E-state index in [2.05, 4.69) is 5.32 Å². The number of carbonyl (C=O) groups is 2. The van der Waals surface area contributed by atoms with Crippen LogP contribution in [0.15, 0.2) is 77.7 Å². The summed E-state index contributed by atoms with van der Waals surface area (Å²) in [6.45, 7) is 9.01. The maximum absolute atomic E-state index is 14.1. The van der Waals surface area contributed by atoms with Gasteiger partial charge in [-0.3, -0.25) is 13.9 Å². The molecule has 3 aromatic carbocycles. The molecule has 214 valence electrons. The highest BCUT2D eigenvalue weighted by Gasteiger charge is 2.34. The average Bonchev–Trinajstić information content (AvgIpc) is 2.93. The number of amides is 2. The van der Waals surface area contributed by atoms with Gasteiger partial charge in [-0.2, -0.15) is 0 Å². The molecule has 0 saturated carbocycles. The van der Waals surface area contributed by atoms with Crippen molar-refractivity contribution in [1.29, 1.82) is 0 Å². The SMILES string of the molecule is CC[C@@H](C)NC(=O)[C@@H](CC)N(Cc1ccccc1)C(=O)CN(c1cc(Cl)ccc1C)S(=O)(=O)c1ccc(C)cc1. The van der Waals surface area contributed by atoms with Gasteiger partial charge in [0, 0.05) is 17.6 Å². The molecular formula is C31H38ClN3O4S. The van der Waals surface area contributed by atoms with Crippen molar-refractivity contribution >= 4 is 39.1 Å². The van der Waals surface area contributed by atoms with E-state index >= 15 is 0 Å². The lowest BCUT2D eigenvalue weighted by molar-refractivity contribution is -0.140. The topological polar surface area (TPSA) is 86.8 Å². The number of carbonyl (C=O) groups excluding carboxylic acids is 2. The summed E-state index contributed by atoms with van der Waals surface area (Å²) < 4.78 is 29.1. The highest BCUT2D eigenvalue weighted by Crippen LogP contribution is 2.30. The van der Waals surface area contributed by atoms with E-state index in [-0.39, 0.29) is 23.4 Å². The highest BCUT2D eigenvalue weighted by atomic mass is 35.5. The van der Waals surface area contributed by atoms with Crippen molar-refractivity contribution in [3.8, 4) is 0 Å². The molecule has 7 nitrogen and oxygen atoms in total. The molecule has 0 aliphatic heterocycles. The number of anilines is 1. The van der Waals surface area contributed by atoms with E-state index in [1.54, 1.807) is 37.3 Å². The van der Waals surface area contributed by atoms with E-state index in [0.29, 0.717) is 22.7 Å². The summed E-state index contributed by atoms with van der Waals surface area (Å²) in [6.07, 6.45) is 1.10. The molecule has 3 rings (SSSR count). The van der Waals surface area contributed by atoms with Crippen molar-refractivity contribution in [2.45, 2.75) is 71.0 Å². The van der Waals surface area contributed by atoms with Crippen LogP contribution in [-0.2, 0) is 26.2 Å². The Kier molecular flexibility index (Phi) is 10.8. The summed E-state index contributed by atoms with van der Waals surface area (Å²) in [5.41, 5.74) is 2.69. The van der Waals surface area contributed by atoms with Crippen molar-refractivity contribution in [3.05, 3.63) is 94.5 Å². The van der Waals surface area contributed by atoms with Gasteiger partial charge in [-0.05, 0) is 69.0 Å². The Hall–Kier alpha value is -3.36. The predicted octanol–water partition coefficient (Wildman–Crippen LogP) is 5.87. The van der Waals surface area contributed by atoms with Gasteiger partial charge in [0.25, 0.3) is 10.0 Å². The number of hydrogen-bond donors (Lipinski definition) is 1. The number of halogens is 1. The minimum atomic E-state index is -4.16. The quantitative estimate of drug-likeness (QED) is 0.289. The van der Waals surface area contributed by atoms with E-state index < -0.39 is 28.5 Å². The number of rotatable bonds is 12. The lowest BCUT2D eigenvalue weighted by Gasteiger charge is -2.34. The van der Waals surface area contributed by atoms with Crippen molar-refractivity contribution in [1.82, 2.24) is 10.2 Å². The Morgan fingerprint density at radius 1 is 0.925 bits per heavy atom. The number of nitrogens with zero attached hydrogens (tertiary/aromatic N) is 2. The average molecular weight is 584 g/mol. The molecule has 0 spiro atoms. The fourth-order valence-corrected chi connectivity index (χ4v) is 5.98. The van der Waals surface area contributed by atoms with Crippen LogP contribution in [0.1, 0.15) is 50.3 Å². The fourth-order valence-electron chi connectivity index (χ4n) is 4.34. The van der Waals surface area contributed by atoms with E-state index in [4.69, 9.17) is 11.6 Å². The third-order valence-electron chi connectivity index (χ3n) is 6.91. The maximum Gasteiger partial charge on any atom is 0.264 e. The van der Waals surface area contributed by atoms with Gasteiger partial charge in [0.15, 0.2) is 0 Å². The summed E-state index contributed by atoms with van der Waals surface area (Å²) in [4.78, 5) is 29.0. The van der Waals surface area contributed by atoms with Crippen LogP contribution in [0, 0.1) is 13.8 Å². The van der Waals surface area contributed by atoms with Crippen molar-refractivity contribution in [3.63, 3.8) is 0 Å². The lowest BCUT2D eigenvalue weighted by atomic mass is 10.1. The zero-order valence-electron chi connectivity index (χ0n) is 23.7. The van der Waals surface area contributed by atoms with Gasteiger partial charge < -0.3 is 10.2 Å². The van der Waals surface area contributed by atoms with Crippen molar-refractivity contribution in [2.24, 2.45) is 0 Å². The fraction of sp³-hybridized carbons (Fsp3) is 0.355. The number of benzene rings is 3. The van der Waals surface area contributed by atoms with Crippen LogP contribution in [0.2, 0.25) is 5.02 Å². The second-order valence-corrected chi connectivity index (χ2v) is 12.3. The van der Waals surface area contributed by atoms with Crippen LogP contribution in [0.3, 0.4) is 0 Å². The largest absolute Gasteiger partial charge is 0.352 e. The smallest absolute Gasteiger partial charge is 0.264 e. The Morgan fingerprint density at radius 2 is 1.57 bits per heavy atom. The monoisotopic (exact) mass is 583 g/mol. The van der Waals surface area contributed by atoms with E-state index in [9.17, 15) is 18.0 Å². The molecule has 0 aliphatic rings. The summed E-state index contributed by atoms with van der Waals surface area (Å²) in [5.74, 6) is -0.766. The van der Waals surface area contributed by atoms with Gasteiger partial charge in [-0.25, -0.2) is 8.42 Å². The number of sulfonamides is 1. The van der Waals surface area contributed by atoms with Gasteiger partial charge >= 0.3 is 0 Å². The van der Waals surface area contributed by atoms with E-state index in [1.165, 1.54) is 17.0 Å². The van der Waals surface area contributed by atoms with Crippen LogP contribution < -0.4 is 9.62 Å². The standard InChI is InChI=1S/C31H38ClN3O4S/c1-6-24(5)33-31(37)28(7-2)34(20-25-11-9-8-10-12-25)30(36)21-35(29-19-26(32)16-15-23(29)4)40(38,39)27-17-13-22(3)14-18-27/h8-19,24,28H,6-7,20-21H2,1-5H3,(H,33,37)/t24-,28-/m1/s1. The first-order valence-corrected chi connectivity index (χ1v) is 15.3. The Balaban J connectivity index is 2.09. The third kappa shape index (κ3) is 7.64. The predicted molar refractivity (Wildman–Crippen MR) is 161 cm³/mol. The van der Waals surface area contributed by atoms with E-state index in [1.807, 2.05) is 58.0 Å². The van der Waals surface area contributed by atoms with Crippen LogP contribution >= 0.6 is 11.6 Å². The van der Waals surface area contributed by atoms with Crippen molar-refractivity contribution in [2.75, 3.05) is 10.8 Å². The summed E-state index contributed by atoms with van der Waals surface area (Å²) in [6, 6.07) is 19.9. The van der Waals surface area contributed by atoms with Gasteiger partial charge in [-0.1, -0.05) is 79.5 Å². The molecule has 0 aromatic heterocycles. The van der Waals surface area contributed by atoms with Gasteiger partial charge in [0.2, 0.25) is 11.8 Å². The van der Waals surface area contributed by atoms with Gasteiger partial charge in [-0.15, -0.1) is 0 Å². The van der Waals surface area contributed by atoms with Gasteiger partial charge in [0.05, 0.1) is 10.6 Å². The first-order chi connectivity index (χ1) is 19.0. The molecular weight excluding hydrogens is 546 g/mol. The zero-order valence-corrected chi connectivity index (χ0v) is 25.3. The second-order valence-electron chi connectivity index (χ2n) is 10.0. The Labute approximate surface area is 243 Å². The molecule has 9 heteroatoms. The zero-order chi connectivity index (χ0) is 29.4. The van der Waals surface area contributed by atoms with Crippen LogP contribution in [0.25, 0.3) is 0 Å². The molecule has 3 aromatic rings. The minimum absolute atomic E-state index is 0.0569. The van der Waals surface area contributed by atoms with E-state index in [0.717, 1.165) is 21.9 Å². The molecule has 0 bridgehead atoms. The summed E-state index contributed by atoms with van der Waals surface area (Å²) >= 11 is 6.29. The number of hydrogen-bond acceptors (Lipinski definition) is 4.